The van der Waals surface area contributed by atoms with Gasteiger partial charge in [0.25, 0.3) is 6.43 Å². The summed E-state index contributed by atoms with van der Waals surface area (Å²) in [5.41, 5.74) is -1.74. The molecule has 6 heteroatoms. The van der Waals surface area contributed by atoms with E-state index >= 15 is 0 Å². The van der Waals surface area contributed by atoms with Crippen LogP contribution in [0.2, 0.25) is 0 Å². The van der Waals surface area contributed by atoms with Crippen LogP contribution in [0.5, 0.6) is 0 Å². The van der Waals surface area contributed by atoms with E-state index in [1.807, 2.05) is 0 Å². The van der Waals surface area contributed by atoms with E-state index in [0.717, 1.165) is 18.2 Å². The molecule has 0 bridgehead atoms. The summed E-state index contributed by atoms with van der Waals surface area (Å²) < 4.78 is 60.5. The Labute approximate surface area is 84.9 Å². The molecule has 0 aliphatic rings. The van der Waals surface area contributed by atoms with Crippen molar-refractivity contribution >= 4 is 15.9 Å². The average Bonchev–Trinajstić information content (AvgIpc) is 2.01. The van der Waals surface area contributed by atoms with Crippen LogP contribution in [0, 0.1) is 0 Å². The number of halogens is 6. The molecule has 0 saturated heterocycles. The van der Waals surface area contributed by atoms with E-state index in [4.69, 9.17) is 0 Å². The molecule has 0 nitrogen and oxygen atoms in total. The van der Waals surface area contributed by atoms with Crippen molar-refractivity contribution in [1.82, 2.24) is 0 Å². The van der Waals surface area contributed by atoms with Gasteiger partial charge >= 0.3 is 6.18 Å². The predicted molar refractivity (Wildman–Crippen MR) is 44.1 cm³/mol. The smallest absolute Gasteiger partial charge is 0.205 e. The van der Waals surface area contributed by atoms with E-state index < -0.39 is 28.2 Å². The van der Waals surface area contributed by atoms with Crippen molar-refractivity contribution in [3.05, 3.63) is 33.8 Å². The lowest BCUT2D eigenvalue weighted by molar-refractivity contribution is -0.138. The fraction of sp³-hybridized carbons (Fsp3) is 0.250. The Morgan fingerprint density at radius 1 is 1.14 bits per heavy atom. The van der Waals surface area contributed by atoms with Crippen molar-refractivity contribution in [2.75, 3.05) is 0 Å². The van der Waals surface area contributed by atoms with Crippen LogP contribution in [-0.2, 0) is 6.18 Å². The largest absolute Gasteiger partial charge is 0.417 e. The molecule has 0 saturated carbocycles. The van der Waals surface area contributed by atoms with Gasteiger partial charge in [-0.1, -0.05) is 12.1 Å². The Bertz CT molecular complexity index is 331. The van der Waals surface area contributed by atoms with E-state index in [1.54, 1.807) is 0 Å². The number of rotatable bonds is 1. The van der Waals surface area contributed by atoms with Crippen molar-refractivity contribution in [3.8, 4) is 0 Å². The van der Waals surface area contributed by atoms with E-state index in [-0.39, 0.29) is 0 Å². The molecular weight excluding hydrogens is 271 g/mol. The first-order valence-corrected chi connectivity index (χ1v) is 4.27. The van der Waals surface area contributed by atoms with Gasteiger partial charge in [0, 0.05) is 10.0 Å². The van der Waals surface area contributed by atoms with Crippen LogP contribution in [-0.4, -0.2) is 0 Å². The molecule has 1 aromatic carbocycles. The average molecular weight is 275 g/mol. The molecule has 0 aromatic heterocycles. The fourth-order valence-corrected chi connectivity index (χ4v) is 1.60. The second kappa shape index (κ2) is 3.84. The number of alkyl halides is 5. The molecule has 0 heterocycles. The molecule has 14 heavy (non-hydrogen) atoms. The zero-order valence-electron chi connectivity index (χ0n) is 6.58. The summed E-state index contributed by atoms with van der Waals surface area (Å²) in [4.78, 5) is 0. The molecule has 1 rings (SSSR count). The maximum atomic E-state index is 12.2. The van der Waals surface area contributed by atoms with Gasteiger partial charge in [0.15, 0.2) is 0 Å². The fourth-order valence-electron chi connectivity index (χ4n) is 0.937. The molecule has 0 aliphatic carbocycles. The van der Waals surface area contributed by atoms with Crippen molar-refractivity contribution in [2.24, 2.45) is 0 Å². The third-order valence-electron chi connectivity index (χ3n) is 1.57. The van der Waals surface area contributed by atoms with Crippen LogP contribution in [0.25, 0.3) is 0 Å². The Balaban J connectivity index is 3.28. The Morgan fingerprint density at radius 3 is 2.14 bits per heavy atom. The molecule has 0 unspecified atom stereocenters. The van der Waals surface area contributed by atoms with Crippen LogP contribution < -0.4 is 0 Å². The standard InChI is InChI=1S/C8H4BrF5/c9-6-4(7(10)11)2-1-3-5(6)8(12,13)14/h1-3,7H. The van der Waals surface area contributed by atoms with E-state index in [9.17, 15) is 22.0 Å². The molecule has 0 fully saturated rings. The molecule has 0 N–H and O–H groups in total. The van der Waals surface area contributed by atoms with E-state index in [0.29, 0.717) is 0 Å². The highest BCUT2D eigenvalue weighted by Gasteiger charge is 2.34. The van der Waals surface area contributed by atoms with Crippen molar-refractivity contribution < 1.29 is 22.0 Å². The second-order valence-electron chi connectivity index (χ2n) is 2.51. The van der Waals surface area contributed by atoms with Gasteiger partial charge in [-0.15, -0.1) is 0 Å². The maximum absolute atomic E-state index is 12.2. The Kier molecular flexibility index (Phi) is 3.14. The van der Waals surface area contributed by atoms with Crippen molar-refractivity contribution in [3.63, 3.8) is 0 Å². The van der Waals surface area contributed by atoms with Gasteiger partial charge in [-0.3, -0.25) is 0 Å². The number of benzene rings is 1. The first-order chi connectivity index (χ1) is 6.34. The molecule has 0 spiro atoms. The Morgan fingerprint density at radius 2 is 1.71 bits per heavy atom. The van der Waals surface area contributed by atoms with Crippen molar-refractivity contribution in [1.29, 1.82) is 0 Å². The van der Waals surface area contributed by atoms with Gasteiger partial charge in [0.05, 0.1) is 5.56 Å². The monoisotopic (exact) mass is 274 g/mol. The van der Waals surface area contributed by atoms with Gasteiger partial charge in [-0.05, 0) is 22.0 Å². The zero-order chi connectivity index (χ0) is 10.9. The van der Waals surface area contributed by atoms with Crippen LogP contribution in [0.3, 0.4) is 0 Å². The molecule has 0 radical (unpaired) electrons. The minimum atomic E-state index is -4.62. The quantitative estimate of drug-likeness (QED) is 0.666. The molecule has 1 aromatic rings. The van der Waals surface area contributed by atoms with Crippen LogP contribution in [0.4, 0.5) is 22.0 Å². The van der Waals surface area contributed by atoms with Gasteiger partial charge in [0.1, 0.15) is 0 Å². The molecule has 0 atom stereocenters. The van der Waals surface area contributed by atoms with Crippen LogP contribution in [0.15, 0.2) is 22.7 Å². The highest BCUT2D eigenvalue weighted by molar-refractivity contribution is 9.10. The molecular formula is C8H4BrF5. The lowest BCUT2D eigenvalue weighted by atomic mass is 10.1. The highest BCUT2D eigenvalue weighted by Crippen LogP contribution is 2.39. The van der Waals surface area contributed by atoms with Crippen molar-refractivity contribution in [2.45, 2.75) is 12.6 Å². The summed E-state index contributed by atoms with van der Waals surface area (Å²) in [6.45, 7) is 0. The van der Waals surface area contributed by atoms with E-state index in [1.165, 1.54) is 0 Å². The summed E-state index contributed by atoms with van der Waals surface area (Å²) in [5, 5.41) is 0. The van der Waals surface area contributed by atoms with Gasteiger partial charge in [0.2, 0.25) is 0 Å². The molecule has 0 amide bonds. The summed E-state index contributed by atoms with van der Waals surface area (Å²) in [5.74, 6) is 0. The summed E-state index contributed by atoms with van der Waals surface area (Å²) in [6, 6.07) is 2.65. The summed E-state index contributed by atoms with van der Waals surface area (Å²) in [6.07, 6.45) is -7.55. The predicted octanol–water partition coefficient (Wildman–Crippen LogP) is 4.41. The lowest BCUT2D eigenvalue weighted by Crippen LogP contribution is -2.07. The normalized spacial score (nSPS) is 12.2. The molecule has 78 valence electrons. The Hall–Kier alpha value is -0.650. The lowest BCUT2D eigenvalue weighted by Gasteiger charge is -2.11. The van der Waals surface area contributed by atoms with Gasteiger partial charge in [-0.2, -0.15) is 13.2 Å². The zero-order valence-corrected chi connectivity index (χ0v) is 8.16. The maximum Gasteiger partial charge on any atom is 0.417 e. The van der Waals surface area contributed by atoms with Crippen LogP contribution >= 0.6 is 15.9 Å². The third-order valence-corrected chi connectivity index (χ3v) is 2.45. The minimum absolute atomic E-state index is 0.595. The molecule has 0 aliphatic heterocycles. The third kappa shape index (κ3) is 2.23. The van der Waals surface area contributed by atoms with Gasteiger partial charge in [-0.25, -0.2) is 8.78 Å². The van der Waals surface area contributed by atoms with E-state index in [2.05, 4.69) is 15.9 Å². The summed E-state index contributed by atoms with van der Waals surface area (Å²) in [7, 11) is 0. The second-order valence-corrected chi connectivity index (χ2v) is 3.30. The van der Waals surface area contributed by atoms with Crippen LogP contribution in [0.1, 0.15) is 17.6 Å². The number of hydrogen-bond donors (Lipinski definition) is 0. The minimum Gasteiger partial charge on any atom is -0.205 e. The first-order valence-electron chi connectivity index (χ1n) is 3.48. The highest BCUT2D eigenvalue weighted by atomic mass is 79.9. The first kappa shape index (κ1) is 11.4. The van der Waals surface area contributed by atoms with Gasteiger partial charge < -0.3 is 0 Å². The SMILES string of the molecule is FC(F)c1cccc(C(F)(F)F)c1Br. The summed E-state index contributed by atoms with van der Waals surface area (Å²) >= 11 is 2.52. The number of hydrogen-bond acceptors (Lipinski definition) is 0. The topological polar surface area (TPSA) is 0 Å².